The Morgan fingerprint density at radius 3 is 2.36 bits per heavy atom. The molecule has 9 heteroatoms. The predicted octanol–water partition coefficient (Wildman–Crippen LogP) is 1.62. The van der Waals surface area contributed by atoms with E-state index >= 15 is 0 Å². The Kier molecular flexibility index (Phi) is 7.15. The van der Waals surface area contributed by atoms with Gasteiger partial charge in [0.25, 0.3) is 0 Å². The van der Waals surface area contributed by atoms with Crippen LogP contribution in [0, 0.1) is 0 Å². The third kappa shape index (κ3) is 5.05. The van der Waals surface area contributed by atoms with Gasteiger partial charge in [-0.2, -0.15) is 5.01 Å². The van der Waals surface area contributed by atoms with Gasteiger partial charge in [0.2, 0.25) is 11.8 Å². The zero-order chi connectivity index (χ0) is 25.1. The minimum absolute atomic E-state index is 0.0668. The Balaban J connectivity index is 1.43. The normalized spacial score (nSPS) is 22.1. The maximum absolute atomic E-state index is 13.7. The van der Waals surface area contributed by atoms with Crippen LogP contribution in [-0.4, -0.2) is 75.4 Å². The van der Waals surface area contributed by atoms with Crippen molar-refractivity contribution in [3.05, 3.63) is 95.9 Å². The molecule has 2 aliphatic rings. The lowest BCUT2D eigenvalue weighted by Gasteiger charge is -2.55. The first-order chi connectivity index (χ1) is 17.5. The lowest BCUT2D eigenvalue weighted by Crippen LogP contribution is -2.77. The van der Waals surface area contributed by atoms with Gasteiger partial charge in [0.05, 0.1) is 25.9 Å². The number of hydrogen-bond acceptors (Lipinski definition) is 7. The maximum Gasteiger partial charge on any atom is 0.246 e. The minimum Gasteiger partial charge on any atom is -0.467 e. The van der Waals surface area contributed by atoms with Crippen molar-refractivity contribution in [2.75, 3.05) is 20.1 Å². The second-order valence-electron chi connectivity index (χ2n) is 9.22. The van der Waals surface area contributed by atoms with Crippen molar-refractivity contribution in [1.82, 2.24) is 25.1 Å². The van der Waals surface area contributed by atoms with Crippen molar-refractivity contribution in [1.29, 1.82) is 0 Å². The molecule has 0 bridgehead atoms. The van der Waals surface area contributed by atoms with Crippen LogP contribution in [-0.2, 0) is 29.1 Å². The van der Waals surface area contributed by atoms with E-state index in [-0.39, 0.29) is 24.9 Å². The average Bonchev–Trinajstić information content (AvgIpc) is 3.39. The Morgan fingerprint density at radius 2 is 1.69 bits per heavy atom. The highest BCUT2D eigenvalue weighted by Crippen LogP contribution is 2.29. The SMILES string of the molecule is CN1CC(=O)N2[C@@H](Cc3ccccc3)C(=O)N(Cc3ccco3)C[C@@H]2N1C(O)NCc1ccccc1. The summed E-state index contributed by atoms with van der Waals surface area (Å²) >= 11 is 0. The fraction of sp³-hybridized carbons (Fsp3) is 0.333. The van der Waals surface area contributed by atoms with Crippen molar-refractivity contribution in [2.45, 2.75) is 38.1 Å². The third-order valence-corrected chi connectivity index (χ3v) is 6.77. The van der Waals surface area contributed by atoms with Crippen LogP contribution in [0.25, 0.3) is 0 Å². The molecule has 1 unspecified atom stereocenters. The number of aliphatic hydroxyl groups is 1. The summed E-state index contributed by atoms with van der Waals surface area (Å²) in [5.41, 5.74) is 2.00. The van der Waals surface area contributed by atoms with E-state index in [1.54, 1.807) is 39.2 Å². The summed E-state index contributed by atoms with van der Waals surface area (Å²) in [6.07, 6.45) is 0.364. The van der Waals surface area contributed by atoms with Crippen molar-refractivity contribution in [3.63, 3.8) is 0 Å². The molecule has 2 aromatic carbocycles. The lowest BCUT2D eigenvalue weighted by atomic mass is 9.98. The molecule has 0 radical (unpaired) electrons. The molecule has 188 valence electrons. The largest absolute Gasteiger partial charge is 0.467 e. The molecule has 5 rings (SSSR count). The second kappa shape index (κ2) is 10.6. The number of nitrogens with one attached hydrogen (secondary N) is 1. The van der Waals surface area contributed by atoms with Crippen LogP contribution in [0.2, 0.25) is 0 Å². The Morgan fingerprint density at radius 1 is 1.00 bits per heavy atom. The van der Waals surface area contributed by atoms with Crippen molar-refractivity contribution >= 4 is 11.8 Å². The van der Waals surface area contributed by atoms with Gasteiger partial charge in [-0.1, -0.05) is 60.7 Å². The summed E-state index contributed by atoms with van der Waals surface area (Å²) in [6, 6.07) is 22.4. The van der Waals surface area contributed by atoms with E-state index in [0.29, 0.717) is 25.3 Å². The fourth-order valence-corrected chi connectivity index (χ4v) is 5.05. The number of likely N-dealkylation sites (N-methyl/N-ethyl adjacent to an activating group) is 1. The van der Waals surface area contributed by atoms with Gasteiger partial charge in [-0.25, -0.2) is 5.01 Å². The Bertz CT molecular complexity index is 1160. The Labute approximate surface area is 210 Å². The van der Waals surface area contributed by atoms with E-state index < -0.39 is 18.6 Å². The van der Waals surface area contributed by atoms with Crippen LogP contribution >= 0.6 is 0 Å². The first kappa shape index (κ1) is 24.2. The van der Waals surface area contributed by atoms with E-state index in [1.807, 2.05) is 66.7 Å². The summed E-state index contributed by atoms with van der Waals surface area (Å²) in [5, 5.41) is 17.9. The molecule has 2 fully saturated rings. The quantitative estimate of drug-likeness (QED) is 0.465. The number of furan rings is 1. The molecule has 1 aromatic heterocycles. The first-order valence-corrected chi connectivity index (χ1v) is 12.1. The number of rotatable bonds is 8. The standard InChI is InChI=1S/C27H31N5O4/c1-29-19-25(33)31-23(15-20-9-4-2-5-10-20)26(34)30(17-22-13-8-14-36-22)18-24(31)32(29)27(35)28-16-21-11-6-3-7-12-21/h2-14,23-24,27-28,35H,15-19H2,1H3/t23-,24-,27?/m0/s1. The van der Waals surface area contributed by atoms with Crippen molar-refractivity contribution in [2.24, 2.45) is 0 Å². The van der Waals surface area contributed by atoms with E-state index in [9.17, 15) is 14.7 Å². The molecule has 2 aliphatic heterocycles. The van der Waals surface area contributed by atoms with Gasteiger partial charge in [-0.3, -0.25) is 14.9 Å². The number of nitrogens with zero attached hydrogens (tertiary/aromatic N) is 4. The molecular formula is C27H31N5O4. The number of piperazine rings is 1. The number of fused-ring (bicyclic) bond motifs is 1. The van der Waals surface area contributed by atoms with E-state index in [1.165, 1.54) is 0 Å². The van der Waals surface area contributed by atoms with Crippen molar-refractivity contribution in [3.8, 4) is 0 Å². The molecule has 3 heterocycles. The molecule has 0 saturated carbocycles. The summed E-state index contributed by atoms with van der Waals surface area (Å²) < 4.78 is 5.52. The second-order valence-corrected chi connectivity index (χ2v) is 9.22. The van der Waals surface area contributed by atoms with Crippen LogP contribution < -0.4 is 5.32 Å². The monoisotopic (exact) mass is 489 g/mol. The molecule has 3 atom stereocenters. The third-order valence-electron chi connectivity index (χ3n) is 6.77. The lowest BCUT2D eigenvalue weighted by molar-refractivity contribution is -0.241. The number of carbonyl (C=O) groups is 2. The molecule has 3 aromatic rings. The average molecular weight is 490 g/mol. The van der Waals surface area contributed by atoms with Gasteiger partial charge in [-0.05, 0) is 23.3 Å². The van der Waals surface area contributed by atoms with Gasteiger partial charge < -0.3 is 19.3 Å². The highest BCUT2D eigenvalue weighted by molar-refractivity contribution is 5.90. The number of carbonyl (C=O) groups excluding carboxylic acids is 2. The smallest absolute Gasteiger partial charge is 0.246 e. The van der Waals surface area contributed by atoms with Gasteiger partial charge in [0.15, 0.2) is 6.35 Å². The topological polar surface area (TPSA) is 92.5 Å². The van der Waals surface area contributed by atoms with E-state index in [2.05, 4.69) is 5.32 Å². The summed E-state index contributed by atoms with van der Waals surface area (Å²) in [6.45, 7) is 1.05. The number of hydrogen-bond donors (Lipinski definition) is 2. The van der Waals surface area contributed by atoms with Crippen LogP contribution in [0.1, 0.15) is 16.9 Å². The molecular weight excluding hydrogens is 458 g/mol. The van der Waals surface area contributed by atoms with Gasteiger partial charge in [-0.15, -0.1) is 0 Å². The van der Waals surface area contributed by atoms with Gasteiger partial charge >= 0.3 is 0 Å². The van der Waals surface area contributed by atoms with E-state index in [0.717, 1.165) is 11.1 Å². The highest BCUT2D eigenvalue weighted by atomic mass is 16.3. The summed E-state index contributed by atoms with van der Waals surface area (Å²) in [7, 11) is 1.78. The van der Waals surface area contributed by atoms with Crippen LogP contribution in [0.4, 0.5) is 0 Å². The predicted molar refractivity (Wildman–Crippen MR) is 132 cm³/mol. The van der Waals surface area contributed by atoms with Crippen LogP contribution in [0.5, 0.6) is 0 Å². The number of benzene rings is 2. The molecule has 9 nitrogen and oxygen atoms in total. The molecule has 2 N–H and O–H groups in total. The number of hydrazine groups is 1. The summed E-state index contributed by atoms with van der Waals surface area (Å²) in [5.74, 6) is 0.400. The molecule has 2 amide bonds. The number of aliphatic hydroxyl groups excluding tert-OH is 1. The minimum atomic E-state index is -1.06. The summed E-state index contributed by atoms with van der Waals surface area (Å²) in [4.78, 5) is 30.4. The molecule has 0 spiro atoms. The van der Waals surface area contributed by atoms with Crippen LogP contribution in [0.15, 0.2) is 83.5 Å². The first-order valence-electron chi connectivity index (χ1n) is 12.1. The van der Waals surface area contributed by atoms with Crippen molar-refractivity contribution < 1.29 is 19.1 Å². The zero-order valence-corrected chi connectivity index (χ0v) is 20.2. The molecule has 0 aliphatic carbocycles. The molecule has 2 saturated heterocycles. The van der Waals surface area contributed by atoms with E-state index in [4.69, 9.17) is 4.42 Å². The fourth-order valence-electron chi connectivity index (χ4n) is 5.05. The van der Waals surface area contributed by atoms with Gasteiger partial charge in [0.1, 0.15) is 18.0 Å². The molecule has 36 heavy (non-hydrogen) atoms. The zero-order valence-electron chi connectivity index (χ0n) is 20.2. The maximum atomic E-state index is 13.7. The Hall–Kier alpha value is -3.50. The van der Waals surface area contributed by atoms with Gasteiger partial charge in [0, 0.05) is 20.0 Å². The van der Waals surface area contributed by atoms with Crippen LogP contribution in [0.3, 0.4) is 0 Å². The highest BCUT2D eigenvalue weighted by Gasteiger charge is 2.50. The number of amides is 2.